The number of anilines is 1. The number of aliphatic hydroxyl groups excluding tert-OH is 1. The highest BCUT2D eigenvalue weighted by atomic mass is 16.6. The van der Waals surface area contributed by atoms with Crippen LogP contribution in [0.1, 0.15) is 32.4 Å². The molecule has 0 aromatic heterocycles. The summed E-state index contributed by atoms with van der Waals surface area (Å²) < 4.78 is 10.4. The van der Waals surface area contributed by atoms with Crippen LogP contribution >= 0.6 is 0 Å². The molecule has 0 amide bonds. The number of methoxy groups -OCH3 is 1. The maximum atomic E-state index is 13.4. The van der Waals surface area contributed by atoms with Crippen LogP contribution in [-0.2, 0) is 4.74 Å². The number of nitrogens with one attached hydrogen (secondary N) is 1. The van der Waals surface area contributed by atoms with E-state index in [0.717, 1.165) is 6.07 Å². The van der Waals surface area contributed by atoms with Gasteiger partial charge in [-0.15, -0.1) is 0 Å². The van der Waals surface area contributed by atoms with Crippen molar-refractivity contribution in [1.29, 1.82) is 0 Å². The Balaban J connectivity index is 1.79. The topological polar surface area (TPSA) is 151 Å². The molecule has 2 N–H and O–H groups in total. The third-order valence-corrected chi connectivity index (χ3v) is 5.54. The Kier molecular flexibility index (Phi) is 6.36. The van der Waals surface area contributed by atoms with Gasteiger partial charge >= 0.3 is 5.97 Å². The molecule has 3 aromatic carbocycles. The molecule has 0 aliphatic carbocycles. The number of hydrogen-bond donors (Lipinski definition) is 2. The smallest absolute Gasteiger partial charge is 0.339 e. The number of aliphatic hydroxyl groups is 1. The molecule has 1 heterocycles. The van der Waals surface area contributed by atoms with Crippen molar-refractivity contribution in [1.82, 2.24) is 0 Å². The first-order chi connectivity index (χ1) is 16.8. The number of rotatable bonds is 8. The zero-order valence-corrected chi connectivity index (χ0v) is 18.3. The Labute approximate surface area is 199 Å². The Bertz CT molecular complexity index is 1340. The van der Waals surface area contributed by atoms with Gasteiger partial charge in [-0.25, -0.2) is 4.79 Å². The van der Waals surface area contributed by atoms with Gasteiger partial charge in [-0.3, -0.25) is 14.9 Å². The van der Waals surface area contributed by atoms with E-state index in [9.17, 15) is 29.9 Å². The number of ketones is 1. The molecule has 0 saturated carbocycles. The molecule has 4 rings (SSSR count). The van der Waals surface area contributed by atoms with Crippen molar-refractivity contribution < 1.29 is 34.2 Å². The molecule has 1 aliphatic heterocycles. The van der Waals surface area contributed by atoms with Crippen LogP contribution in [0.4, 0.5) is 11.4 Å². The molecular formula is C25H19N2O8-. The van der Waals surface area contributed by atoms with Crippen molar-refractivity contribution in [3.05, 3.63) is 111 Å². The number of nitro groups is 1. The van der Waals surface area contributed by atoms with Crippen LogP contribution in [0.2, 0.25) is 0 Å². The van der Waals surface area contributed by atoms with Crippen LogP contribution in [0.3, 0.4) is 0 Å². The number of ether oxygens (including phenoxy) is 2. The van der Waals surface area contributed by atoms with Crippen molar-refractivity contribution in [2.75, 3.05) is 12.4 Å². The average Bonchev–Trinajstić information content (AvgIpc) is 3.20. The Hall–Kier alpha value is -4.86. The highest BCUT2D eigenvalue weighted by Crippen LogP contribution is 2.40. The third kappa shape index (κ3) is 4.49. The van der Waals surface area contributed by atoms with Crippen LogP contribution < -0.4 is 15.2 Å². The summed E-state index contributed by atoms with van der Waals surface area (Å²) in [6.07, 6.45) is -1.30. The van der Waals surface area contributed by atoms with E-state index < -0.39 is 46.0 Å². The normalized spacial score (nSPS) is 15.9. The molecule has 35 heavy (non-hydrogen) atoms. The fraction of sp³-hybridized carbons (Fsp3) is 0.120. The summed E-state index contributed by atoms with van der Waals surface area (Å²) in [5.74, 6) is -4.97. The number of carbonyl (C=O) groups is 2. The maximum Gasteiger partial charge on any atom is 0.339 e. The highest BCUT2D eigenvalue weighted by Gasteiger charge is 2.41. The van der Waals surface area contributed by atoms with Gasteiger partial charge in [0.1, 0.15) is 17.5 Å². The first-order valence-electron chi connectivity index (χ1n) is 10.4. The standard InChI is InChI=1S/C25H20N2O8/c1-34-15-11-12-18(19(13-15)27(32)33)26-24(30)22(29)20(21(28)14-7-3-2-4-8-14)23-16-9-5-6-10-17(16)25(31)35-23/h2-13,20,23,26,29-30H,1H3/p-1. The third-order valence-electron chi connectivity index (χ3n) is 5.54. The van der Waals surface area contributed by atoms with E-state index in [2.05, 4.69) is 5.32 Å². The fourth-order valence-electron chi connectivity index (χ4n) is 3.83. The van der Waals surface area contributed by atoms with Crippen LogP contribution in [0.25, 0.3) is 0 Å². The lowest BCUT2D eigenvalue weighted by atomic mass is 9.86. The lowest BCUT2D eigenvalue weighted by Crippen LogP contribution is -2.32. The number of benzene rings is 3. The zero-order valence-electron chi connectivity index (χ0n) is 18.3. The molecule has 2 atom stereocenters. The van der Waals surface area contributed by atoms with Gasteiger partial charge in [-0.2, -0.15) is 0 Å². The number of cyclic esters (lactones) is 1. The van der Waals surface area contributed by atoms with Crippen molar-refractivity contribution >= 4 is 23.1 Å². The molecule has 0 spiro atoms. The van der Waals surface area contributed by atoms with Gasteiger partial charge in [-0.05, 0) is 18.2 Å². The summed E-state index contributed by atoms with van der Waals surface area (Å²) >= 11 is 0. The molecule has 3 aromatic rings. The van der Waals surface area contributed by atoms with Crippen LogP contribution in [0, 0.1) is 16.0 Å². The van der Waals surface area contributed by atoms with Crippen molar-refractivity contribution in [3.8, 4) is 5.75 Å². The summed E-state index contributed by atoms with van der Waals surface area (Å²) in [5, 5.41) is 37.9. The van der Waals surface area contributed by atoms with E-state index in [-0.39, 0.29) is 22.6 Å². The molecule has 1 aliphatic rings. The predicted octanol–water partition coefficient (Wildman–Crippen LogP) is 3.51. The number of esters is 1. The average molecular weight is 475 g/mol. The summed E-state index contributed by atoms with van der Waals surface area (Å²) in [6, 6.07) is 17.9. The minimum atomic E-state index is -1.64. The molecule has 178 valence electrons. The summed E-state index contributed by atoms with van der Waals surface area (Å²) in [6.45, 7) is 0. The Morgan fingerprint density at radius 3 is 2.49 bits per heavy atom. The molecule has 0 radical (unpaired) electrons. The number of hydrogen-bond acceptors (Lipinski definition) is 9. The van der Waals surface area contributed by atoms with Crippen molar-refractivity contribution in [2.45, 2.75) is 6.10 Å². The quantitative estimate of drug-likeness (QED) is 0.164. The maximum absolute atomic E-state index is 13.4. The summed E-state index contributed by atoms with van der Waals surface area (Å²) in [7, 11) is 1.33. The van der Waals surface area contributed by atoms with E-state index in [1.54, 1.807) is 36.4 Å². The molecule has 10 nitrogen and oxygen atoms in total. The van der Waals surface area contributed by atoms with E-state index in [0.29, 0.717) is 5.56 Å². The van der Waals surface area contributed by atoms with Gasteiger partial charge in [0.15, 0.2) is 11.7 Å². The molecule has 0 bridgehead atoms. The molecule has 0 fully saturated rings. The minimum Gasteiger partial charge on any atom is -0.871 e. The van der Waals surface area contributed by atoms with E-state index in [1.807, 2.05) is 0 Å². The first kappa shape index (κ1) is 23.3. The number of nitrogens with zero attached hydrogens (tertiary/aromatic N) is 1. The Morgan fingerprint density at radius 2 is 1.80 bits per heavy atom. The monoisotopic (exact) mass is 475 g/mol. The van der Waals surface area contributed by atoms with Crippen LogP contribution in [-0.4, -0.2) is 28.9 Å². The van der Waals surface area contributed by atoms with Gasteiger partial charge in [0.25, 0.3) is 5.69 Å². The first-order valence-corrected chi connectivity index (χ1v) is 10.4. The molecular weight excluding hydrogens is 456 g/mol. The fourth-order valence-corrected chi connectivity index (χ4v) is 3.83. The largest absolute Gasteiger partial charge is 0.871 e. The number of fused-ring (bicyclic) bond motifs is 1. The van der Waals surface area contributed by atoms with E-state index in [4.69, 9.17) is 9.47 Å². The predicted molar refractivity (Wildman–Crippen MR) is 122 cm³/mol. The molecule has 2 unspecified atom stereocenters. The lowest BCUT2D eigenvalue weighted by molar-refractivity contribution is -0.384. The minimum absolute atomic E-state index is 0.162. The molecule has 10 heteroatoms. The second-order valence-corrected chi connectivity index (χ2v) is 7.60. The van der Waals surface area contributed by atoms with Crippen molar-refractivity contribution in [3.63, 3.8) is 0 Å². The Morgan fingerprint density at radius 1 is 1.11 bits per heavy atom. The second-order valence-electron chi connectivity index (χ2n) is 7.60. The van der Waals surface area contributed by atoms with Gasteiger partial charge in [0, 0.05) is 11.1 Å². The lowest BCUT2D eigenvalue weighted by Gasteiger charge is -2.29. The zero-order chi connectivity index (χ0) is 25.1. The van der Waals surface area contributed by atoms with Gasteiger partial charge in [0.05, 0.1) is 29.6 Å². The van der Waals surface area contributed by atoms with Crippen LogP contribution in [0.5, 0.6) is 5.75 Å². The summed E-state index contributed by atoms with van der Waals surface area (Å²) in [5.41, 5.74) is 0.0240. The van der Waals surface area contributed by atoms with Gasteiger partial charge in [0.2, 0.25) is 0 Å². The summed E-state index contributed by atoms with van der Waals surface area (Å²) in [4.78, 5) is 36.6. The van der Waals surface area contributed by atoms with E-state index in [1.165, 1.54) is 37.4 Å². The highest BCUT2D eigenvalue weighted by molar-refractivity contribution is 6.01. The van der Waals surface area contributed by atoms with Gasteiger partial charge in [-0.1, -0.05) is 54.3 Å². The van der Waals surface area contributed by atoms with Crippen LogP contribution in [0.15, 0.2) is 84.4 Å². The molecule has 0 saturated heterocycles. The second kappa shape index (κ2) is 9.56. The number of Topliss-reactive ketones (excluding diaryl/α,β-unsaturated/α-hetero) is 1. The van der Waals surface area contributed by atoms with Crippen molar-refractivity contribution in [2.24, 2.45) is 5.92 Å². The van der Waals surface area contributed by atoms with E-state index >= 15 is 0 Å². The number of carbonyl (C=O) groups excluding carboxylic acids is 2. The SMILES string of the molecule is COc1ccc(NC(O)=C([O-])C(C(=O)c2ccccc2)C2OC(=O)c3ccccc32)c([N+](=O)[O-])c1. The number of nitro benzene ring substituents is 1. The van der Waals surface area contributed by atoms with Gasteiger partial charge < -0.3 is 25.0 Å².